The Morgan fingerprint density at radius 3 is 1.91 bits per heavy atom. The lowest BCUT2D eigenvalue weighted by atomic mass is 10.9. The smallest absolute Gasteiger partial charge is 0.377 e. The van der Waals surface area contributed by atoms with Crippen LogP contribution in [-0.4, -0.2) is 24.7 Å². The molecule has 0 heterocycles. The molecule has 0 saturated carbocycles. The van der Waals surface area contributed by atoms with Crippen LogP contribution in [0.4, 0.5) is 0 Å². The van der Waals surface area contributed by atoms with Gasteiger partial charge in [-0.3, -0.25) is 4.55 Å². The maximum absolute atomic E-state index is 9.56. The fourth-order valence-electron chi connectivity index (χ4n) is 0.149. The fourth-order valence-corrected chi connectivity index (χ4v) is 0.447. The minimum absolute atomic E-state index is 0.000000000000000222. The molecule has 0 aliphatic heterocycles. The summed E-state index contributed by atoms with van der Waals surface area (Å²) in [6.07, 6.45) is 0. The van der Waals surface area contributed by atoms with Crippen molar-refractivity contribution in [2.75, 3.05) is 6.61 Å². The van der Waals surface area contributed by atoms with Gasteiger partial charge in [-0.2, -0.15) is 8.42 Å². The van der Waals surface area contributed by atoms with E-state index < -0.39 is 10.4 Å². The van der Waals surface area contributed by atoms with Crippen molar-refractivity contribution in [1.82, 2.24) is 0 Å². The van der Waals surface area contributed by atoms with Crippen LogP contribution in [0.25, 0.3) is 0 Å². The Hall–Kier alpha value is -0.440. The number of hydrogen-bond acceptors (Lipinski definition) is 4. The van der Waals surface area contributed by atoms with E-state index in [4.69, 9.17) is 4.55 Å². The molecule has 8 heteroatoms. The molecule has 0 rings (SSSR count). The largest absolute Gasteiger partial charge is 0.397 e. The molecule has 0 amide bonds. The van der Waals surface area contributed by atoms with Crippen molar-refractivity contribution in [2.45, 2.75) is 6.92 Å². The number of hydrogen-bond donors (Lipinski definition) is 3. The molecule has 0 bridgehead atoms. The average molecular weight is 202 g/mol. The summed E-state index contributed by atoms with van der Waals surface area (Å²) in [5.41, 5.74) is 9.24. The van der Waals surface area contributed by atoms with Crippen LogP contribution >= 0.6 is 12.2 Å². The van der Waals surface area contributed by atoms with Gasteiger partial charge in [-0.1, -0.05) is 0 Å². The fraction of sp³-hybridized carbons (Fsp3) is 0.667. The Balaban J connectivity index is 0. The van der Waals surface area contributed by atoms with Crippen molar-refractivity contribution < 1.29 is 17.2 Å². The van der Waals surface area contributed by atoms with Crippen molar-refractivity contribution in [3.63, 3.8) is 0 Å². The lowest BCUT2D eigenvalue weighted by molar-refractivity contribution is 0.283. The summed E-state index contributed by atoms with van der Waals surface area (Å²) in [4.78, 5) is 0. The molecular formula is C3H10N2O4S2. The molecule has 0 radical (unpaired) electrons. The van der Waals surface area contributed by atoms with Crippen LogP contribution < -0.4 is 11.5 Å². The van der Waals surface area contributed by atoms with Gasteiger partial charge in [0, 0.05) is 0 Å². The van der Waals surface area contributed by atoms with Gasteiger partial charge in [-0.15, -0.1) is 0 Å². The minimum Gasteiger partial charge on any atom is -0.377 e. The van der Waals surface area contributed by atoms with Gasteiger partial charge in [0.1, 0.15) is 0 Å². The van der Waals surface area contributed by atoms with Crippen LogP contribution in [0, 0.1) is 0 Å². The zero-order valence-electron chi connectivity index (χ0n) is 5.85. The van der Waals surface area contributed by atoms with Crippen LogP contribution in [0.2, 0.25) is 0 Å². The predicted octanol–water partition coefficient (Wildman–Crippen LogP) is -0.986. The van der Waals surface area contributed by atoms with E-state index in [1.54, 1.807) is 0 Å². The quantitative estimate of drug-likeness (QED) is 0.389. The highest BCUT2D eigenvalue weighted by Gasteiger charge is 1.98. The normalized spacial score (nSPS) is 9.64. The minimum atomic E-state index is -4.17. The molecule has 0 fully saturated rings. The van der Waals surface area contributed by atoms with Gasteiger partial charge in [0.15, 0.2) is 5.11 Å². The molecule has 0 atom stereocenters. The van der Waals surface area contributed by atoms with Gasteiger partial charge in [-0.25, -0.2) is 4.18 Å². The molecule has 5 N–H and O–H groups in total. The van der Waals surface area contributed by atoms with E-state index in [2.05, 4.69) is 27.9 Å². The molecule has 68 valence electrons. The Morgan fingerprint density at radius 2 is 1.91 bits per heavy atom. The van der Waals surface area contributed by atoms with E-state index in [1.807, 2.05) is 0 Å². The summed E-state index contributed by atoms with van der Waals surface area (Å²) in [5.74, 6) is 0. The lowest BCUT2D eigenvalue weighted by Gasteiger charge is -1.88. The first-order chi connectivity index (χ1) is 4.79. The van der Waals surface area contributed by atoms with Crippen molar-refractivity contribution in [3.05, 3.63) is 0 Å². The molecule has 11 heavy (non-hydrogen) atoms. The highest BCUT2D eigenvalue weighted by molar-refractivity contribution is 7.80. The second kappa shape index (κ2) is 6.28. The highest BCUT2D eigenvalue weighted by atomic mass is 32.3. The van der Waals surface area contributed by atoms with Gasteiger partial charge in [0.05, 0.1) is 6.61 Å². The van der Waals surface area contributed by atoms with E-state index in [0.29, 0.717) is 0 Å². The zero-order valence-corrected chi connectivity index (χ0v) is 7.48. The van der Waals surface area contributed by atoms with Crippen LogP contribution in [-0.2, 0) is 14.6 Å². The molecule has 0 aliphatic carbocycles. The van der Waals surface area contributed by atoms with E-state index >= 15 is 0 Å². The summed E-state index contributed by atoms with van der Waals surface area (Å²) in [5, 5.41) is 0.000000000000000222. The molecule has 6 nitrogen and oxygen atoms in total. The van der Waals surface area contributed by atoms with Crippen molar-refractivity contribution in [3.8, 4) is 0 Å². The standard InChI is InChI=1S/C2H6O4S.CH4N2S/c1-2-6-7(3,4)5;2-1(3)4/h2H2,1H3,(H,3,4,5);(H4,2,3,4). The Bertz CT molecular complexity index is 195. The van der Waals surface area contributed by atoms with Crippen LogP contribution in [0.15, 0.2) is 0 Å². The lowest BCUT2D eigenvalue weighted by Crippen LogP contribution is -2.18. The summed E-state index contributed by atoms with van der Waals surface area (Å²) in [7, 11) is -4.17. The third-order valence-corrected chi connectivity index (χ3v) is 0.800. The third kappa shape index (κ3) is 43.1. The molecular weight excluding hydrogens is 192 g/mol. The summed E-state index contributed by atoms with van der Waals surface area (Å²) < 4.78 is 30.7. The molecule has 0 aliphatic rings. The van der Waals surface area contributed by atoms with Gasteiger partial charge in [0.2, 0.25) is 0 Å². The molecule has 0 aromatic carbocycles. The number of thiocarbonyl (C=S) groups is 1. The SMILES string of the molecule is CCOS(=O)(=O)O.NC(N)=S. The van der Waals surface area contributed by atoms with Crippen molar-refractivity contribution in [1.29, 1.82) is 0 Å². The van der Waals surface area contributed by atoms with Crippen molar-refractivity contribution in [2.24, 2.45) is 11.5 Å². The first-order valence-electron chi connectivity index (χ1n) is 2.46. The second-order valence-corrected chi connectivity index (χ2v) is 2.80. The van der Waals surface area contributed by atoms with Crippen LogP contribution in [0.1, 0.15) is 6.92 Å². The van der Waals surface area contributed by atoms with Gasteiger partial charge in [0.25, 0.3) is 0 Å². The van der Waals surface area contributed by atoms with Crippen LogP contribution in [0.5, 0.6) is 0 Å². The third-order valence-electron chi connectivity index (χ3n) is 0.267. The first kappa shape index (κ1) is 13.2. The molecule has 0 spiro atoms. The molecule has 0 unspecified atom stereocenters. The monoisotopic (exact) mass is 202 g/mol. The maximum atomic E-state index is 9.56. The first-order valence-corrected chi connectivity index (χ1v) is 4.23. The number of rotatable bonds is 2. The van der Waals surface area contributed by atoms with E-state index in [1.165, 1.54) is 6.92 Å². The van der Waals surface area contributed by atoms with Crippen LogP contribution in [0.3, 0.4) is 0 Å². The molecule has 0 aromatic heterocycles. The summed E-state index contributed by atoms with van der Waals surface area (Å²) in [6, 6.07) is 0. The molecule has 0 aromatic rings. The highest BCUT2D eigenvalue weighted by Crippen LogP contribution is 1.81. The number of nitrogens with two attached hydrogens (primary N) is 2. The summed E-state index contributed by atoms with van der Waals surface area (Å²) in [6.45, 7) is 1.44. The van der Waals surface area contributed by atoms with E-state index in [9.17, 15) is 8.42 Å². The Morgan fingerprint density at radius 1 is 1.64 bits per heavy atom. The van der Waals surface area contributed by atoms with E-state index in [0.717, 1.165) is 0 Å². The Labute approximate surface area is 70.5 Å². The second-order valence-electron chi connectivity index (χ2n) is 1.24. The Kier molecular flexibility index (Phi) is 7.52. The van der Waals surface area contributed by atoms with Gasteiger partial charge < -0.3 is 11.5 Å². The molecule has 0 saturated heterocycles. The van der Waals surface area contributed by atoms with Gasteiger partial charge >= 0.3 is 10.4 Å². The van der Waals surface area contributed by atoms with E-state index in [-0.39, 0.29) is 11.7 Å². The summed E-state index contributed by atoms with van der Waals surface area (Å²) >= 11 is 4.09. The predicted molar refractivity (Wildman–Crippen MR) is 44.1 cm³/mol. The zero-order chi connectivity index (χ0) is 9.49. The average Bonchev–Trinajstić information content (AvgIpc) is 1.58. The van der Waals surface area contributed by atoms with Crippen molar-refractivity contribution >= 4 is 27.7 Å². The topological polar surface area (TPSA) is 116 Å². The maximum Gasteiger partial charge on any atom is 0.397 e. The van der Waals surface area contributed by atoms with Gasteiger partial charge in [-0.05, 0) is 19.1 Å².